The summed E-state index contributed by atoms with van der Waals surface area (Å²) in [6, 6.07) is 4.75. The minimum Gasteiger partial charge on any atom is -0.336 e. The van der Waals surface area contributed by atoms with Crippen molar-refractivity contribution in [2.24, 2.45) is 5.92 Å². The van der Waals surface area contributed by atoms with Crippen LogP contribution in [0.25, 0.3) is 0 Å². The first kappa shape index (κ1) is 14.9. The maximum Gasteiger partial charge on any atom is 0.317 e. The lowest BCUT2D eigenvalue weighted by Crippen LogP contribution is -2.42. The highest BCUT2D eigenvalue weighted by Crippen LogP contribution is 2.28. The van der Waals surface area contributed by atoms with E-state index in [9.17, 15) is 4.79 Å². The fourth-order valence-electron chi connectivity index (χ4n) is 3.36. The molecular formula is C16H25N3OS. The average Bonchev–Trinajstić information content (AvgIpc) is 3.21. The molecule has 2 atom stereocenters. The molecule has 3 heterocycles. The predicted octanol–water partition coefficient (Wildman–Crippen LogP) is 2.94. The average molecular weight is 307 g/mol. The van der Waals surface area contributed by atoms with Crippen molar-refractivity contribution < 1.29 is 4.79 Å². The van der Waals surface area contributed by atoms with Crippen LogP contribution >= 0.6 is 11.3 Å². The van der Waals surface area contributed by atoms with Gasteiger partial charge in [-0.2, -0.15) is 0 Å². The first-order chi connectivity index (χ1) is 10.2. The second-order valence-electron chi connectivity index (χ2n) is 6.30. The van der Waals surface area contributed by atoms with Crippen LogP contribution < -0.4 is 5.32 Å². The van der Waals surface area contributed by atoms with Crippen LogP contribution in [0.1, 0.15) is 37.1 Å². The van der Waals surface area contributed by atoms with Crippen molar-refractivity contribution >= 4 is 17.4 Å². The van der Waals surface area contributed by atoms with E-state index in [-0.39, 0.29) is 6.03 Å². The van der Waals surface area contributed by atoms with Crippen molar-refractivity contribution in [2.75, 3.05) is 32.7 Å². The Morgan fingerprint density at radius 1 is 1.43 bits per heavy atom. The zero-order chi connectivity index (χ0) is 14.7. The minimum atomic E-state index is 0.111. The van der Waals surface area contributed by atoms with Crippen LogP contribution in [0, 0.1) is 5.92 Å². The summed E-state index contributed by atoms with van der Waals surface area (Å²) in [6.45, 7) is 7.05. The van der Waals surface area contributed by atoms with Crippen LogP contribution in [-0.4, -0.2) is 48.6 Å². The number of carbonyl (C=O) groups excluding carboxylic acids is 1. The van der Waals surface area contributed by atoms with E-state index in [1.54, 1.807) is 11.3 Å². The molecule has 21 heavy (non-hydrogen) atoms. The number of hydrogen-bond acceptors (Lipinski definition) is 3. The van der Waals surface area contributed by atoms with Crippen molar-refractivity contribution in [3.05, 3.63) is 22.4 Å². The summed E-state index contributed by atoms with van der Waals surface area (Å²) in [5.74, 6) is 0.641. The van der Waals surface area contributed by atoms with Gasteiger partial charge in [-0.05, 0) is 49.7 Å². The molecule has 2 aliphatic rings. The quantitative estimate of drug-likeness (QED) is 0.928. The molecule has 2 unspecified atom stereocenters. The maximum atomic E-state index is 12.3. The second-order valence-corrected chi connectivity index (χ2v) is 7.28. The van der Waals surface area contributed by atoms with Gasteiger partial charge in [-0.3, -0.25) is 4.90 Å². The van der Waals surface area contributed by atoms with E-state index in [1.165, 1.54) is 17.7 Å². The van der Waals surface area contributed by atoms with Crippen LogP contribution in [0.4, 0.5) is 4.79 Å². The first-order valence-corrected chi connectivity index (χ1v) is 8.92. The number of rotatable bonds is 4. The fourth-order valence-corrected chi connectivity index (χ4v) is 4.22. The van der Waals surface area contributed by atoms with Crippen LogP contribution in [0.2, 0.25) is 0 Å². The van der Waals surface area contributed by atoms with Crippen molar-refractivity contribution in [1.29, 1.82) is 0 Å². The van der Waals surface area contributed by atoms with Gasteiger partial charge >= 0.3 is 6.03 Å². The molecule has 2 aliphatic heterocycles. The number of hydrogen-bond donors (Lipinski definition) is 1. The van der Waals surface area contributed by atoms with Crippen LogP contribution in [0.5, 0.6) is 0 Å². The van der Waals surface area contributed by atoms with Crippen LogP contribution in [0.3, 0.4) is 0 Å². The SMILES string of the molecule is CC1CCN(C(=O)NCC(c2cccs2)N2CCCC2)C1. The zero-order valence-corrected chi connectivity index (χ0v) is 13.6. The number of amides is 2. The molecule has 0 spiro atoms. The van der Waals surface area contributed by atoms with E-state index < -0.39 is 0 Å². The van der Waals surface area contributed by atoms with Gasteiger partial charge in [0.15, 0.2) is 0 Å². The topological polar surface area (TPSA) is 35.6 Å². The third kappa shape index (κ3) is 3.58. The van der Waals surface area contributed by atoms with Gasteiger partial charge in [0.05, 0.1) is 6.04 Å². The molecule has 116 valence electrons. The van der Waals surface area contributed by atoms with E-state index in [0.29, 0.717) is 12.0 Å². The molecule has 4 nitrogen and oxygen atoms in total. The van der Waals surface area contributed by atoms with Crippen molar-refractivity contribution in [3.8, 4) is 0 Å². The minimum absolute atomic E-state index is 0.111. The smallest absolute Gasteiger partial charge is 0.317 e. The predicted molar refractivity (Wildman–Crippen MR) is 86.6 cm³/mol. The maximum absolute atomic E-state index is 12.3. The number of urea groups is 1. The lowest BCUT2D eigenvalue weighted by Gasteiger charge is -2.28. The molecule has 3 rings (SSSR count). The largest absolute Gasteiger partial charge is 0.336 e. The number of nitrogens with zero attached hydrogens (tertiary/aromatic N) is 2. The summed E-state index contributed by atoms with van der Waals surface area (Å²) in [5, 5.41) is 5.29. The molecule has 0 bridgehead atoms. The summed E-state index contributed by atoms with van der Waals surface area (Å²) < 4.78 is 0. The number of nitrogens with one attached hydrogen (secondary N) is 1. The van der Waals surface area contributed by atoms with Crippen molar-refractivity contribution in [1.82, 2.24) is 15.1 Å². The van der Waals surface area contributed by atoms with Gasteiger partial charge < -0.3 is 10.2 Å². The summed E-state index contributed by atoms with van der Waals surface area (Å²) in [5.41, 5.74) is 0. The van der Waals surface area contributed by atoms with E-state index in [2.05, 4.69) is 34.7 Å². The molecule has 0 saturated carbocycles. The Morgan fingerprint density at radius 3 is 2.86 bits per heavy atom. The van der Waals surface area contributed by atoms with E-state index >= 15 is 0 Å². The monoisotopic (exact) mass is 307 g/mol. The summed E-state index contributed by atoms with van der Waals surface area (Å²) in [6.07, 6.45) is 3.69. The van der Waals surface area contributed by atoms with Gasteiger partial charge in [0.25, 0.3) is 0 Å². The van der Waals surface area contributed by atoms with E-state index in [1.807, 2.05) is 4.90 Å². The molecule has 0 radical (unpaired) electrons. The lowest BCUT2D eigenvalue weighted by atomic mass is 10.2. The Hall–Kier alpha value is -1.07. The van der Waals surface area contributed by atoms with Gasteiger partial charge in [-0.15, -0.1) is 11.3 Å². The molecule has 0 aromatic carbocycles. The standard InChI is InChI=1S/C16H25N3OS/c1-13-6-9-19(12-13)16(20)17-11-14(15-5-4-10-21-15)18-7-2-3-8-18/h4-5,10,13-14H,2-3,6-9,11-12H2,1H3,(H,17,20). The Labute approximate surface area is 131 Å². The molecule has 1 aromatic rings. The fraction of sp³-hybridized carbons (Fsp3) is 0.688. The van der Waals surface area contributed by atoms with E-state index in [4.69, 9.17) is 0 Å². The Balaban J connectivity index is 1.58. The van der Waals surface area contributed by atoms with Crippen LogP contribution in [0.15, 0.2) is 17.5 Å². The van der Waals surface area contributed by atoms with Gasteiger partial charge in [0, 0.05) is 24.5 Å². The molecule has 2 saturated heterocycles. The van der Waals surface area contributed by atoms with Gasteiger partial charge in [-0.1, -0.05) is 13.0 Å². The number of thiophene rings is 1. The third-order valence-corrected chi connectivity index (χ3v) is 5.58. The summed E-state index contributed by atoms with van der Waals surface area (Å²) in [4.78, 5) is 18.1. The van der Waals surface area contributed by atoms with Crippen molar-refractivity contribution in [3.63, 3.8) is 0 Å². The molecule has 2 fully saturated rings. The highest BCUT2D eigenvalue weighted by atomic mass is 32.1. The second kappa shape index (κ2) is 6.79. The van der Waals surface area contributed by atoms with Gasteiger partial charge in [0.2, 0.25) is 0 Å². The van der Waals surface area contributed by atoms with Crippen LogP contribution in [-0.2, 0) is 0 Å². The molecule has 5 heteroatoms. The zero-order valence-electron chi connectivity index (χ0n) is 12.8. The van der Waals surface area contributed by atoms with E-state index in [0.717, 1.165) is 39.1 Å². The Kier molecular flexibility index (Phi) is 4.80. The molecular weight excluding hydrogens is 282 g/mol. The lowest BCUT2D eigenvalue weighted by molar-refractivity contribution is 0.196. The Morgan fingerprint density at radius 2 is 2.24 bits per heavy atom. The summed E-state index contributed by atoms with van der Waals surface area (Å²) >= 11 is 1.80. The van der Waals surface area contributed by atoms with Crippen molar-refractivity contribution in [2.45, 2.75) is 32.2 Å². The molecule has 0 aliphatic carbocycles. The Bertz CT molecular complexity index is 456. The van der Waals surface area contributed by atoms with Gasteiger partial charge in [0.1, 0.15) is 0 Å². The molecule has 2 amide bonds. The molecule has 1 aromatic heterocycles. The normalized spacial score (nSPS) is 24.4. The highest BCUT2D eigenvalue weighted by Gasteiger charge is 2.27. The highest BCUT2D eigenvalue weighted by molar-refractivity contribution is 7.10. The third-order valence-electron chi connectivity index (χ3n) is 4.61. The number of likely N-dealkylation sites (tertiary alicyclic amines) is 2. The van der Waals surface area contributed by atoms with Gasteiger partial charge in [-0.25, -0.2) is 4.79 Å². The first-order valence-electron chi connectivity index (χ1n) is 8.04. The molecule has 1 N–H and O–H groups in total. The number of carbonyl (C=O) groups is 1. The summed E-state index contributed by atoms with van der Waals surface area (Å²) in [7, 11) is 0.